The molecular formula is C23H44O4. The Morgan fingerprint density at radius 2 is 1.37 bits per heavy atom. The van der Waals surface area contributed by atoms with Gasteiger partial charge in [0, 0.05) is 12.8 Å². The van der Waals surface area contributed by atoms with E-state index in [0.717, 1.165) is 64.2 Å². The van der Waals surface area contributed by atoms with Crippen LogP contribution in [0.1, 0.15) is 118 Å². The van der Waals surface area contributed by atoms with Gasteiger partial charge < -0.3 is 9.47 Å². The average Bonchev–Trinajstić information content (AvgIpc) is 2.65. The summed E-state index contributed by atoms with van der Waals surface area (Å²) in [7, 11) is 0. The van der Waals surface area contributed by atoms with Crippen molar-refractivity contribution in [3.63, 3.8) is 0 Å². The third-order valence-electron chi connectivity index (χ3n) is 5.08. The monoisotopic (exact) mass is 384 g/mol. The summed E-state index contributed by atoms with van der Waals surface area (Å²) < 4.78 is 10.8. The van der Waals surface area contributed by atoms with Gasteiger partial charge in [-0.05, 0) is 44.9 Å². The molecule has 0 saturated carbocycles. The molecule has 0 N–H and O–H groups in total. The van der Waals surface area contributed by atoms with Crippen LogP contribution in [0.2, 0.25) is 0 Å². The van der Waals surface area contributed by atoms with Crippen LogP contribution >= 0.6 is 0 Å². The number of unbranched alkanes of at least 4 members (excludes halogenated alkanes) is 6. The molecule has 0 aromatic carbocycles. The number of carbonyl (C=O) groups excluding carboxylic acids is 2. The van der Waals surface area contributed by atoms with Crippen molar-refractivity contribution >= 4 is 11.9 Å². The van der Waals surface area contributed by atoms with Crippen molar-refractivity contribution in [3.8, 4) is 0 Å². The normalized spacial score (nSPS) is 13.2. The van der Waals surface area contributed by atoms with Gasteiger partial charge in [0.15, 0.2) is 0 Å². The van der Waals surface area contributed by atoms with Gasteiger partial charge in [-0.1, -0.05) is 65.7 Å². The number of hydrogen-bond acceptors (Lipinski definition) is 4. The molecule has 2 atom stereocenters. The Labute approximate surface area is 167 Å². The van der Waals surface area contributed by atoms with Crippen molar-refractivity contribution in [2.75, 3.05) is 6.61 Å². The molecule has 0 rings (SSSR count). The summed E-state index contributed by atoms with van der Waals surface area (Å²) in [5.41, 5.74) is 0. The zero-order valence-electron chi connectivity index (χ0n) is 18.4. The van der Waals surface area contributed by atoms with E-state index in [-0.39, 0.29) is 18.0 Å². The minimum absolute atomic E-state index is 0.0172. The largest absolute Gasteiger partial charge is 0.465 e. The Hall–Kier alpha value is -1.06. The van der Waals surface area contributed by atoms with E-state index >= 15 is 0 Å². The van der Waals surface area contributed by atoms with Crippen LogP contribution in [0, 0.1) is 5.92 Å². The highest BCUT2D eigenvalue weighted by molar-refractivity contribution is 5.69. The van der Waals surface area contributed by atoms with Crippen LogP contribution in [0.4, 0.5) is 0 Å². The van der Waals surface area contributed by atoms with E-state index in [0.29, 0.717) is 25.4 Å². The third-order valence-corrected chi connectivity index (χ3v) is 5.08. The molecule has 0 spiro atoms. The predicted molar refractivity (Wildman–Crippen MR) is 112 cm³/mol. The molecule has 0 aliphatic carbocycles. The highest BCUT2D eigenvalue weighted by Gasteiger charge is 2.10. The van der Waals surface area contributed by atoms with Crippen molar-refractivity contribution in [2.24, 2.45) is 5.92 Å². The summed E-state index contributed by atoms with van der Waals surface area (Å²) in [5, 5.41) is 0. The van der Waals surface area contributed by atoms with Gasteiger partial charge in [0.05, 0.1) is 12.7 Å². The Bertz CT molecular complexity index is 367. The van der Waals surface area contributed by atoms with Crippen molar-refractivity contribution in [1.82, 2.24) is 0 Å². The summed E-state index contributed by atoms with van der Waals surface area (Å²) in [4.78, 5) is 23.4. The van der Waals surface area contributed by atoms with Gasteiger partial charge in [-0.3, -0.25) is 9.59 Å². The Morgan fingerprint density at radius 1 is 0.741 bits per heavy atom. The van der Waals surface area contributed by atoms with Gasteiger partial charge in [-0.15, -0.1) is 0 Å². The molecule has 0 aromatic rings. The lowest BCUT2D eigenvalue weighted by molar-refractivity contribution is -0.148. The first-order valence-electron chi connectivity index (χ1n) is 11.4. The van der Waals surface area contributed by atoms with Crippen LogP contribution < -0.4 is 0 Å². The summed E-state index contributed by atoms with van der Waals surface area (Å²) in [6.07, 6.45) is 13.9. The van der Waals surface area contributed by atoms with Gasteiger partial charge in [0.1, 0.15) is 0 Å². The van der Waals surface area contributed by atoms with Crippen molar-refractivity contribution in [1.29, 1.82) is 0 Å². The molecule has 160 valence electrons. The molecule has 2 unspecified atom stereocenters. The summed E-state index contributed by atoms with van der Waals surface area (Å²) in [6.45, 7) is 9.00. The van der Waals surface area contributed by atoms with Crippen LogP contribution in [0.25, 0.3) is 0 Å². The quantitative estimate of drug-likeness (QED) is 0.197. The molecule has 0 radical (unpaired) electrons. The predicted octanol–water partition coefficient (Wildman–Crippen LogP) is 6.60. The highest BCUT2D eigenvalue weighted by Crippen LogP contribution is 2.14. The molecule has 0 aliphatic heterocycles. The zero-order chi connectivity index (χ0) is 20.3. The summed E-state index contributed by atoms with van der Waals surface area (Å²) >= 11 is 0. The van der Waals surface area contributed by atoms with Crippen LogP contribution in [0.5, 0.6) is 0 Å². The first-order valence-corrected chi connectivity index (χ1v) is 11.4. The van der Waals surface area contributed by atoms with E-state index in [9.17, 15) is 9.59 Å². The molecule has 0 bridgehead atoms. The number of esters is 2. The topological polar surface area (TPSA) is 52.6 Å². The molecular weight excluding hydrogens is 340 g/mol. The zero-order valence-corrected chi connectivity index (χ0v) is 18.4. The summed E-state index contributed by atoms with van der Waals surface area (Å²) in [6, 6.07) is 0. The van der Waals surface area contributed by atoms with E-state index in [2.05, 4.69) is 20.8 Å². The second kappa shape index (κ2) is 18.3. The first-order chi connectivity index (χ1) is 13.0. The van der Waals surface area contributed by atoms with E-state index in [4.69, 9.17) is 9.47 Å². The Morgan fingerprint density at radius 3 is 2.04 bits per heavy atom. The van der Waals surface area contributed by atoms with Crippen LogP contribution in [0.3, 0.4) is 0 Å². The van der Waals surface area contributed by atoms with Gasteiger partial charge in [0.25, 0.3) is 0 Å². The van der Waals surface area contributed by atoms with E-state index in [1.165, 1.54) is 12.8 Å². The molecule has 0 saturated heterocycles. The molecule has 0 fully saturated rings. The second-order valence-corrected chi connectivity index (χ2v) is 7.81. The molecule has 0 heterocycles. The molecule has 4 nitrogen and oxygen atoms in total. The number of ether oxygens (including phenoxy) is 2. The minimum atomic E-state index is -0.0668. The minimum Gasteiger partial charge on any atom is -0.465 e. The first kappa shape index (κ1) is 25.9. The average molecular weight is 385 g/mol. The van der Waals surface area contributed by atoms with E-state index < -0.39 is 0 Å². The lowest BCUT2D eigenvalue weighted by atomic mass is 10.0. The third kappa shape index (κ3) is 16.8. The summed E-state index contributed by atoms with van der Waals surface area (Å²) in [5.74, 6) is 0.410. The van der Waals surface area contributed by atoms with Crippen molar-refractivity contribution in [2.45, 2.75) is 124 Å². The second-order valence-electron chi connectivity index (χ2n) is 7.81. The fraction of sp³-hybridized carbons (Fsp3) is 0.913. The van der Waals surface area contributed by atoms with Gasteiger partial charge in [-0.2, -0.15) is 0 Å². The molecule has 27 heavy (non-hydrogen) atoms. The number of carbonyl (C=O) groups is 2. The Kier molecular flexibility index (Phi) is 17.6. The smallest absolute Gasteiger partial charge is 0.306 e. The van der Waals surface area contributed by atoms with Crippen molar-refractivity contribution in [3.05, 3.63) is 0 Å². The van der Waals surface area contributed by atoms with E-state index in [1.54, 1.807) is 0 Å². The van der Waals surface area contributed by atoms with Gasteiger partial charge >= 0.3 is 11.9 Å². The van der Waals surface area contributed by atoms with Gasteiger partial charge in [0.2, 0.25) is 0 Å². The molecule has 0 aliphatic rings. The number of rotatable bonds is 18. The lowest BCUT2D eigenvalue weighted by Crippen LogP contribution is -2.14. The van der Waals surface area contributed by atoms with Gasteiger partial charge in [-0.25, -0.2) is 0 Å². The maximum Gasteiger partial charge on any atom is 0.306 e. The fourth-order valence-electron chi connectivity index (χ4n) is 3.08. The molecule has 0 amide bonds. The number of hydrogen-bond donors (Lipinski definition) is 0. The Balaban J connectivity index is 3.54. The maximum absolute atomic E-state index is 11.8. The highest BCUT2D eigenvalue weighted by atomic mass is 16.5. The van der Waals surface area contributed by atoms with E-state index in [1.807, 2.05) is 6.92 Å². The maximum atomic E-state index is 11.8. The van der Waals surface area contributed by atoms with Crippen LogP contribution in [-0.4, -0.2) is 24.6 Å². The van der Waals surface area contributed by atoms with Crippen LogP contribution in [-0.2, 0) is 19.1 Å². The van der Waals surface area contributed by atoms with Crippen molar-refractivity contribution < 1.29 is 19.1 Å². The molecule has 0 aromatic heterocycles. The molecule has 4 heteroatoms. The fourth-order valence-corrected chi connectivity index (χ4v) is 3.08. The lowest BCUT2D eigenvalue weighted by Gasteiger charge is -2.14. The van der Waals surface area contributed by atoms with Crippen LogP contribution in [0.15, 0.2) is 0 Å². The standard InChI is InChI=1S/C23H44O4/c1-5-8-16-21(7-3)19-26-22(24)18-14-12-10-11-13-15-20(4)27-23(25)17-9-6-2/h20-21H,5-19H2,1-4H3. The SMILES string of the molecule is CCCCC(=O)OC(C)CCCCCCCC(=O)OCC(CC)CCCC.